The van der Waals surface area contributed by atoms with E-state index in [4.69, 9.17) is 10.5 Å². The predicted octanol–water partition coefficient (Wildman–Crippen LogP) is 0.871. The van der Waals surface area contributed by atoms with Crippen LogP contribution >= 0.6 is 0 Å². The summed E-state index contributed by atoms with van der Waals surface area (Å²) in [5.41, 5.74) is 8.16. The molecule has 1 aliphatic heterocycles. The second-order valence-corrected chi connectivity index (χ2v) is 7.93. The molecular weight excluding hydrogens is 368 g/mol. The second kappa shape index (κ2) is 6.62. The predicted molar refractivity (Wildman–Crippen MR) is 97.1 cm³/mol. The first-order valence-corrected chi connectivity index (χ1v) is 9.66. The monoisotopic (exact) mass is 384 g/mol. The third kappa shape index (κ3) is 3.02. The van der Waals surface area contributed by atoms with Crippen LogP contribution in [-0.2, 0) is 14.8 Å². The van der Waals surface area contributed by atoms with E-state index in [0.29, 0.717) is 35.7 Å². The molecule has 1 fully saturated rings. The van der Waals surface area contributed by atoms with Gasteiger partial charge in [-0.3, -0.25) is 4.40 Å². The number of hydrogen-bond acceptors (Lipinski definition) is 7. The fourth-order valence-electron chi connectivity index (χ4n) is 2.98. The third-order valence-electron chi connectivity index (χ3n) is 4.42. The molecule has 3 aromatic heterocycles. The number of sulfonamides is 1. The zero-order valence-corrected chi connectivity index (χ0v) is 15.1. The summed E-state index contributed by atoms with van der Waals surface area (Å²) in [7, 11) is -3.77. The number of anilines is 1. The van der Waals surface area contributed by atoms with Crippen LogP contribution in [0, 0.1) is 11.3 Å². The average molecular weight is 384 g/mol. The minimum atomic E-state index is -3.77. The third-order valence-corrected chi connectivity index (χ3v) is 6.35. The summed E-state index contributed by atoms with van der Waals surface area (Å²) in [6.07, 6.45) is 4.71. The molecule has 0 aliphatic carbocycles. The molecule has 0 radical (unpaired) electrons. The van der Waals surface area contributed by atoms with Crippen LogP contribution in [-0.4, -0.2) is 53.4 Å². The van der Waals surface area contributed by atoms with Gasteiger partial charge in [0.25, 0.3) is 0 Å². The topological polar surface area (TPSA) is 127 Å². The zero-order valence-electron chi connectivity index (χ0n) is 14.2. The Balaban J connectivity index is 1.80. The Morgan fingerprint density at radius 1 is 1.15 bits per heavy atom. The lowest BCUT2D eigenvalue weighted by molar-refractivity contribution is 0.0730. The van der Waals surface area contributed by atoms with Gasteiger partial charge < -0.3 is 10.5 Å². The molecule has 138 valence electrons. The van der Waals surface area contributed by atoms with E-state index in [9.17, 15) is 13.7 Å². The van der Waals surface area contributed by atoms with Gasteiger partial charge in [-0.1, -0.05) is 0 Å². The number of imidazole rings is 1. The largest absolute Gasteiger partial charge is 0.383 e. The quantitative estimate of drug-likeness (QED) is 0.710. The first-order chi connectivity index (χ1) is 13.0. The van der Waals surface area contributed by atoms with Gasteiger partial charge in [0.2, 0.25) is 10.0 Å². The molecule has 3 aromatic rings. The number of fused-ring (bicyclic) bond motifs is 1. The number of nitrogens with zero attached hydrogens (tertiary/aromatic N) is 5. The van der Waals surface area contributed by atoms with Crippen molar-refractivity contribution in [1.82, 2.24) is 18.7 Å². The normalized spacial score (nSPS) is 15.7. The lowest BCUT2D eigenvalue weighted by Crippen LogP contribution is -2.40. The number of nitriles is 1. The highest BCUT2D eigenvalue weighted by molar-refractivity contribution is 7.89. The summed E-state index contributed by atoms with van der Waals surface area (Å²) in [6.45, 7) is 1.25. The maximum Gasteiger partial charge on any atom is 0.246 e. The minimum absolute atomic E-state index is 0.0341. The lowest BCUT2D eigenvalue weighted by Gasteiger charge is -2.26. The average Bonchev–Trinajstić information content (AvgIpc) is 3.11. The van der Waals surface area contributed by atoms with Crippen LogP contribution < -0.4 is 5.73 Å². The molecule has 10 heteroatoms. The van der Waals surface area contributed by atoms with E-state index in [0.717, 1.165) is 0 Å². The summed E-state index contributed by atoms with van der Waals surface area (Å²) >= 11 is 0. The molecule has 4 heterocycles. The van der Waals surface area contributed by atoms with Gasteiger partial charge in [-0.15, -0.1) is 0 Å². The van der Waals surface area contributed by atoms with E-state index in [1.165, 1.54) is 22.8 Å². The molecule has 1 saturated heterocycles. The van der Waals surface area contributed by atoms with Crippen LogP contribution in [0.1, 0.15) is 5.69 Å². The van der Waals surface area contributed by atoms with Crippen molar-refractivity contribution in [1.29, 1.82) is 5.26 Å². The Bertz CT molecular complexity index is 1160. The van der Waals surface area contributed by atoms with Crippen molar-refractivity contribution in [2.45, 2.75) is 4.90 Å². The van der Waals surface area contributed by atoms with Gasteiger partial charge in [-0.05, 0) is 18.2 Å². The summed E-state index contributed by atoms with van der Waals surface area (Å²) in [5.74, 6) is -0.0494. The van der Waals surface area contributed by atoms with Gasteiger partial charge in [0.15, 0.2) is 0 Å². The van der Waals surface area contributed by atoms with Gasteiger partial charge in [-0.25, -0.2) is 18.4 Å². The number of nitrogen functional groups attached to an aromatic ring is 1. The molecule has 0 unspecified atom stereocenters. The molecule has 9 nitrogen and oxygen atoms in total. The Hall–Kier alpha value is -3.00. The van der Waals surface area contributed by atoms with Gasteiger partial charge in [0.05, 0.1) is 19.4 Å². The van der Waals surface area contributed by atoms with E-state index >= 15 is 0 Å². The van der Waals surface area contributed by atoms with Crippen molar-refractivity contribution in [3.8, 4) is 17.2 Å². The number of ether oxygens (including phenoxy) is 1. The van der Waals surface area contributed by atoms with Crippen LogP contribution in [0.15, 0.2) is 41.7 Å². The standard InChI is InChI=1S/C17H16N6O3S/c18-8-14-10-20-16-2-1-12(11-23(14)16)13-7-15(17(19)21-9-13)27(24,25)22-3-5-26-6-4-22/h1-2,7,9-11H,3-6H2,(H2,19,21). The van der Waals surface area contributed by atoms with Crippen LogP contribution in [0.4, 0.5) is 5.82 Å². The maximum atomic E-state index is 13.0. The number of rotatable bonds is 3. The Labute approximate surface area is 155 Å². The van der Waals surface area contributed by atoms with Crippen molar-refractivity contribution >= 4 is 21.5 Å². The highest BCUT2D eigenvalue weighted by atomic mass is 32.2. The molecule has 0 spiro atoms. The highest BCUT2D eigenvalue weighted by Gasteiger charge is 2.29. The van der Waals surface area contributed by atoms with Gasteiger partial charge in [0, 0.05) is 36.6 Å². The number of hydrogen-bond donors (Lipinski definition) is 1. The van der Waals surface area contributed by atoms with Gasteiger partial charge in [0.1, 0.15) is 28.1 Å². The Morgan fingerprint density at radius 2 is 1.93 bits per heavy atom. The van der Waals surface area contributed by atoms with Crippen molar-refractivity contribution in [2.75, 3.05) is 32.0 Å². The Kier molecular flexibility index (Phi) is 4.27. The number of pyridine rings is 2. The smallest absolute Gasteiger partial charge is 0.246 e. The minimum Gasteiger partial charge on any atom is -0.383 e. The van der Waals surface area contributed by atoms with E-state index < -0.39 is 10.0 Å². The van der Waals surface area contributed by atoms with Crippen LogP contribution in [0.2, 0.25) is 0 Å². The molecule has 0 bridgehead atoms. The summed E-state index contributed by atoms with van der Waals surface area (Å²) in [4.78, 5) is 8.19. The molecule has 0 aromatic carbocycles. The summed E-state index contributed by atoms with van der Waals surface area (Å²) in [5, 5.41) is 9.18. The molecule has 1 aliphatic rings. The van der Waals surface area contributed by atoms with E-state index in [1.807, 2.05) is 0 Å². The molecular formula is C17H16N6O3S. The van der Waals surface area contributed by atoms with E-state index in [-0.39, 0.29) is 23.8 Å². The molecule has 2 N–H and O–H groups in total. The molecule has 4 rings (SSSR count). The SMILES string of the molecule is N#Cc1cnc2ccc(-c3cnc(N)c(S(=O)(=O)N4CCOCC4)c3)cn12. The molecule has 0 atom stereocenters. The van der Waals surface area contributed by atoms with Crippen molar-refractivity contribution in [3.05, 3.63) is 42.5 Å². The van der Waals surface area contributed by atoms with Crippen molar-refractivity contribution in [2.24, 2.45) is 0 Å². The lowest BCUT2D eigenvalue weighted by atomic mass is 10.1. The fraction of sp³-hybridized carbons (Fsp3) is 0.235. The second-order valence-electron chi connectivity index (χ2n) is 6.03. The first kappa shape index (κ1) is 17.4. The number of nitrogens with two attached hydrogens (primary N) is 1. The Morgan fingerprint density at radius 3 is 2.67 bits per heavy atom. The van der Waals surface area contributed by atoms with Crippen LogP contribution in [0.3, 0.4) is 0 Å². The first-order valence-electron chi connectivity index (χ1n) is 8.22. The molecule has 27 heavy (non-hydrogen) atoms. The highest BCUT2D eigenvalue weighted by Crippen LogP contribution is 2.28. The maximum absolute atomic E-state index is 13.0. The van der Waals surface area contributed by atoms with Crippen LogP contribution in [0.25, 0.3) is 16.8 Å². The number of aromatic nitrogens is 3. The summed E-state index contributed by atoms with van der Waals surface area (Å²) in [6, 6.07) is 7.12. The fourth-order valence-corrected chi connectivity index (χ4v) is 4.48. The van der Waals surface area contributed by atoms with Crippen molar-refractivity contribution < 1.29 is 13.2 Å². The molecule has 0 saturated carbocycles. The van der Waals surface area contributed by atoms with E-state index in [2.05, 4.69) is 16.0 Å². The van der Waals surface area contributed by atoms with Crippen LogP contribution in [0.5, 0.6) is 0 Å². The van der Waals surface area contributed by atoms with E-state index in [1.54, 1.807) is 22.7 Å². The van der Waals surface area contributed by atoms with Crippen molar-refractivity contribution in [3.63, 3.8) is 0 Å². The summed E-state index contributed by atoms with van der Waals surface area (Å²) < 4.78 is 34.1. The zero-order chi connectivity index (χ0) is 19.0. The van der Waals surface area contributed by atoms with Gasteiger partial charge in [-0.2, -0.15) is 9.57 Å². The number of morpholine rings is 1. The molecule has 0 amide bonds. The van der Waals surface area contributed by atoms with Gasteiger partial charge >= 0.3 is 0 Å².